The third kappa shape index (κ3) is 2.67. The Balaban J connectivity index is 1.67. The van der Waals surface area contributed by atoms with Crippen LogP contribution in [0.4, 0.5) is 5.69 Å². The minimum Gasteiger partial charge on any atom is -0.451 e. The number of para-hydroxylation sites is 1. The number of anilines is 1. The quantitative estimate of drug-likeness (QED) is 0.805. The van der Waals surface area contributed by atoms with Crippen LogP contribution in [0.5, 0.6) is 0 Å². The van der Waals surface area contributed by atoms with E-state index in [-0.39, 0.29) is 24.2 Å². The summed E-state index contributed by atoms with van der Waals surface area (Å²) in [6.45, 7) is 1.66. The Morgan fingerprint density at radius 3 is 2.91 bits per heavy atom. The SMILES string of the molecule is C[C@@H]1Cc2ccccc2N1C(=O)COC(=O)c1cnccn1. The van der Waals surface area contributed by atoms with Crippen LogP contribution in [0.2, 0.25) is 0 Å². The van der Waals surface area contributed by atoms with Gasteiger partial charge >= 0.3 is 5.97 Å². The molecule has 1 aromatic heterocycles. The van der Waals surface area contributed by atoms with Crippen LogP contribution in [0.25, 0.3) is 0 Å². The fourth-order valence-electron chi connectivity index (χ4n) is 2.62. The Hall–Kier alpha value is -2.76. The van der Waals surface area contributed by atoms with Crippen molar-refractivity contribution in [1.82, 2.24) is 9.97 Å². The molecule has 0 saturated heterocycles. The van der Waals surface area contributed by atoms with Crippen LogP contribution in [-0.2, 0) is 16.0 Å². The topological polar surface area (TPSA) is 72.4 Å². The monoisotopic (exact) mass is 297 g/mol. The molecule has 0 unspecified atom stereocenters. The number of hydrogen-bond donors (Lipinski definition) is 0. The Kier molecular flexibility index (Phi) is 3.82. The first-order valence-corrected chi connectivity index (χ1v) is 7.00. The number of fused-ring (bicyclic) bond motifs is 1. The molecule has 0 radical (unpaired) electrons. The van der Waals surface area contributed by atoms with Crippen molar-refractivity contribution in [2.45, 2.75) is 19.4 Å². The van der Waals surface area contributed by atoms with Gasteiger partial charge in [-0.1, -0.05) is 18.2 Å². The van der Waals surface area contributed by atoms with E-state index in [0.29, 0.717) is 0 Å². The molecule has 1 aliphatic rings. The third-order valence-corrected chi connectivity index (χ3v) is 3.57. The molecule has 2 aromatic rings. The van der Waals surface area contributed by atoms with Crippen LogP contribution in [-0.4, -0.2) is 34.5 Å². The highest BCUT2D eigenvalue weighted by Crippen LogP contribution is 2.31. The largest absolute Gasteiger partial charge is 0.451 e. The Morgan fingerprint density at radius 2 is 2.14 bits per heavy atom. The summed E-state index contributed by atoms with van der Waals surface area (Å²) < 4.78 is 5.03. The zero-order valence-electron chi connectivity index (χ0n) is 12.1. The Morgan fingerprint density at radius 1 is 1.32 bits per heavy atom. The van der Waals surface area contributed by atoms with E-state index in [1.165, 1.54) is 18.6 Å². The number of hydrogen-bond acceptors (Lipinski definition) is 5. The first-order valence-electron chi connectivity index (χ1n) is 7.00. The van der Waals surface area contributed by atoms with Gasteiger partial charge in [0.15, 0.2) is 12.3 Å². The maximum Gasteiger partial charge on any atom is 0.359 e. The summed E-state index contributed by atoms with van der Waals surface area (Å²) >= 11 is 0. The van der Waals surface area contributed by atoms with E-state index in [0.717, 1.165) is 17.7 Å². The lowest BCUT2D eigenvalue weighted by molar-refractivity contribution is -0.122. The summed E-state index contributed by atoms with van der Waals surface area (Å²) in [4.78, 5) is 33.5. The summed E-state index contributed by atoms with van der Waals surface area (Å²) in [5.41, 5.74) is 2.10. The molecule has 0 N–H and O–H groups in total. The predicted octanol–water partition coefficient (Wildman–Crippen LogP) is 1.61. The minimum atomic E-state index is -0.651. The summed E-state index contributed by atoms with van der Waals surface area (Å²) in [5.74, 6) is -0.892. The first-order chi connectivity index (χ1) is 10.7. The van der Waals surface area contributed by atoms with Crippen molar-refractivity contribution in [2.75, 3.05) is 11.5 Å². The van der Waals surface area contributed by atoms with E-state index in [4.69, 9.17) is 4.74 Å². The van der Waals surface area contributed by atoms with E-state index in [9.17, 15) is 9.59 Å². The number of aromatic nitrogens is 2. The van der Waals surface area contributed by atoms with E-state index in [1.54, 1.807) is 4.90 Å². The normalized spacial score (nSPS) is 16.2. The van der Waals surface area contributed by atoms with Crippen LogP contribution >= 0.6 is 0 Å². The lowest BCUT2D eigenvalue weighted by atomic mass is 10.1. The molecule has 112 valence electrons. The van der Waals surface area contributed by atoms with Gasteiger partial charge in [0.25, 0.3) is 5.91 Å². The lowest BCUT2D eigenvalue weighted by Crippen LogP contribution is -2.38. The van der Waals surface area contributed by atoms with Crippen LogP contribution in [0, 0.1) is 0 Å². The second-order valence-corrected chi connectivity index (χ2v) is 5.11. The van der Waals surface area contributed by atoms with E-state index in [2.05, 4.69) is 9.97 Å². The molecule has 3 rings (SSSR count). The molecule has 1 amide bonds. The summed E-state index contributed by atoms with van der Waals surface area (Å²) in [6, 6.07) is 7.81. The summed E-state index contributed by atoms with van der Waals surface area (Å²) in [7, 11) is 0. The smallest absolute Gasteiger partial charge is 0.359 e. The molecule has 1 aromatic carbocycles. The zero-order valence-corrected chi connectivity index (χ0v) is 12.1. The molecule has 0 bridgehead atoms. The second-order valence-electron chi connectivity index (χ2n) is 5.11. The average Bonchev–Trinajstić information content (AvgIpc) is 2.89. The van der Waals surface area contributed by atoms with Crippen molar-refractivity contribution in [3.8, 4) is 0 Å². The molecule has 6 heteroatoms. The number of ether oxygens (including phenoxy) is 1. The minimum absolute atomic E-state index is 0.0557. The van der Waals surface area contributed by atoms with E-state index >= 15 is 0 Å². The van der Waals surface area contributed by atoms with Gasteiger partial charge < -0.3 is 9.64 Å². The molecule has 0 aliphatic carbocycles. The number of carbonyl (C=O) groups is 2. The summed E-state index contributed by atoms with van der Waals surface area (Å²) in [5, 5.41) is 0. The Labute approximate surface area is 127 Å². The predicted molar refractivity (Wildman–Crippen MR) is 79.4 cm³/mol. The van der Waals surface area contributed by atoms with Gasteiger partial charge in [-0.25, -0.2) is 9.78 Å². The lowest BCUT2D eigenvalue weighted by Gasteiger charge is -2.22. The highest BCUT2D eigenvalue weighted by molar-refractivity contribution is 5.98. The number of nitrogens with zero attached hydrogens (tertiary/aromatic N) is 3. The van der Waals surface area contributed by atoms with Crippen LogP contribution in [0.15, 0.2) is 42.9 Å². The van der Waals surface area contributed by atoms with Gasteiger partial charge in [0.1, 0.15) is 0 Å². The standard InChI is InChI=1S/C16H15N3O3/c1-11-8-12-4-2-3-5-14(12)19(11)15(20)10-22-16(21)13-9-17-6-7-18-13/h2-7,9,11H,8,10H2,1H3/t11-/m1/s1. The van der Waals surface area contributed by atoms with Gasteiger partial charge in [-0.3, -0.25) is 9.78 Å². The van der Waals surface area contributed by atoms with E-state index in [1.807, 2.05) is 31.2 Å². The van der Waals surface area contributed by atoms with Crippen molar-refractivity contribution in [3.63, 3.8) is 0 Å². The average molecular weight is 297 g/mol. The molecule has 22 heavy (non-hydrogen) atoms. The van der Waals surface area contributed by atoms with Gasteiger partial charge in [0, 0.05) is 24.1 Å². The van der Waals surface area contributed by atoms with E-state index < -0.39 is 5.97 Å². The maximum atomic E-state index is 12.4. The molecule has 0 saturated carbocycles. The van der Waals surface area contributed by atoms with Crippen LogP contribution in [0.1, 0.15) is 23.0 Å². The number of esters is 1. The van der Waals surface area contributed by atoms with Crippen LogP contribution < -0.4 is 4.90 Å². The van der Waals surface area contributed by atoms with Crippen molar-refractivity contribution in [1.29, 1.82) is 0 Å². The van der Waals surface area contributed by atoms with Crippen molar-refractivity contribution < 1.29 is 14.3 Å². The molecule has 0 fully saturated rings. The van der Waals surface area contributed by atoms with Gasteiger partial charge in [-0.2, -0.15) is 0 Å². The molecule has 1 aliphatic heterocycles. The Bertz CT molecular complexity index is 703. The number of benzene rings is 1. The third-order valence-electron chi connectivity index (χ3n) is 3.57. The summed E-state index contributed by atoms with van der Waals surface area (Å²) in [6.07, 6.45) is 4.97. The second kappa shape index (κ2) is 5.93. The van der Waals surface area contributed by atoms with Crippen molar-refractivity contribution >= 4 is 17.6 Å². The number of rotatable bonds is 3. The van der Waals surface area contributed by atoms with Gasteiger partial charge in [0.2, 0.25) is 0 Å². The fourth-order valence-corrected chi connectivity index (χ4v) is 2.62. The van der Waals surface area contributed by atoms with Crippen LogP contribution in [0.3, 0.4) is 0 Å². The molecular weight excluding hydrogens is 282 g/mol. The van der Waals surface area contributed by atoms with Gasteiger partial charge in [-0.15, -0.1) is 0 Å². The molecular formula is C16H15N3O3. The highest BCUT2D eigenvalue weighted by Gasteiger charge is 2.31. The fraction of sp³-hybridized carbons (Fsp3) is 0.250. The van der Waals surface area contributed by atoms with Crippen molar-refractivity contribution in [3.05, 3.63) is 54.1 Å². The zero-order chi connectivity index (χ0) is 15.5. The number of carbonyl (C=O) groups excluding carboxylic acids is 2. The van der Waals surface area contributed by atoms with Crippen molar-refractivity contribution in [2.24, 2.45) is 0 Å². The molecule has 6 nitrogen and oxygen atoms in total. The molecule has 1 atom stereocenters. The van der Waals surface area contributed by atoms with Gasteiger partial charge in [-0.05, 0) is 25.0 Å². The van der Waals surface area contributed by atoms with Gasteiger partial charge in [0.05, 0.1) is 6.20 Å². The molecule has 0 spiro atoms. The first kappa shape index (κ1) is 14.2. The number of amides is 1. The highest BCUT2D eigenvalue weighted by atomic mass is 16.5. The molecule has 2 heterocycles. The maximum absolute atomic E-state index is 12.4.